The van der Waals surface area contributed by atoms with Gasteiger partial charge < -0.3 is 10.6 Å². The molecule has 0 spiro atoms. The molecule has 0 radical (unpaired) electrons. The Labute approximate surface area is 109 Å². The topological polar surface area (TPSA) is 29.3 Å². The van der Waals surface area contributed by atoms with Crippen LogP contribution >= 0.6 is 0 Å². The van der Waals surface area contributed by atoms with Crippen LogP contribution in [0.4, 0.5) is 10.1 Å². The zero-order chi connectivity index (χ0) is 13.1. The maximum Gasteiger partial charge on any atom is 0.130 e. The van der Waals surface area contributed by atoms with E-state index < -0.39 is 0 Å². The molecule has 100 valence electrons. The predicted molar refractivity (Wildman–Crippen MR) is 74.2 cm³/mol. The molecule has 0 aliphatic heterocycles. The molecule has 1 fully saturated rings. The minimum Gasteiger partial charge on any atom is -0.371 e. The lowest BCUT2D eigenvalue weighted by molar-refractivity contribution is 0.318. The summed E-state index contributed by atoms with van der Waals surface area (Å²) in [5.41, 5.74) is 7.54. The second kappa shape index (κ2) is 5.70. The summed E-state index contributed by atoms with van der Waals surface area (Å²) in [6.07, 6.45) is 3.95. The molecular formula is C15H23FN2. The highest BCUT2D eigenvalue weighted by Crippen LogP contribution is 2.32. The van der Waals surface area contributed by atoms with Crippen molar-refractivity contribution in [3.8, 4) is 0 Å². The number of rotatable bonds is 5. The predicted octanol–water partition coefficient (Wildman–Crippen LogP) is 3.47. The van der Waals surface area contributed by atoms with Crippen molar-refractivity contribution in [3.05, 3.63) is 29.6 Å². The molecule has 0 bridgehead atoms. The third-order valence-electron chi connectivity index (χ3n) is 3.91. The molecule has 1 saturated carbocycles. The highest BCUT2D eigenvalue weighted by molar-refractivity contribution is 5.55. The molecule has 0 unspecified atom stereocenters. The summed E-state index contributed by atoms with van der Waals surface area (Å²) in [5, 5.41) is 0. The Morgan fingerprint density at radius 1 is 1.44 bits per heavy atom. The first-order chi connectivity index (χ1) is 8.63. The van der Waals surface area contributed by atoms with Gasteiger partial charge in [-0.25, -0.2) is 4.39 Å². The number of hydrogen-bond donors (Lipinski definition) is 1. The molecule has 18 heavy (non-hydrogen) atoms. The van der Waals surface area contributed by atoms with E-state index in [9.17, 15) is 4.39 Å². The van der Waals surface area contributed by atoms with E-state index in [2.05, 4.69) is 11.8 Å². The third kappa shape index (κ3) is 2.66. The summed E-state index contributed by atoms with van der Waals surface area (Å²) in [6, 6.07) is 5.00. The van der Waals surface area contributed by atoms with E-state index in [1.54, 1.807) is 6.07 Å². The van der Waals surface area contributed by atoms with Crippen LogP contribution < -0.4 is 10.6 Å². The lowest BCUT2D eigenvalue weighted by atomic mass is 9.85. The molecule has 0 amide bonds. The van der Waals surface area contributed by atoms with Crippen LogP contribution in [-0.4, -0.2) is 13.1 Å². The lowest BCUT2D eigenvalue weighted by Crippen LogP contribution is -2.33. The first kappa shape index (κ1) is 13.3. The molecule has 0 saturated heterocycles. The number of halogens is 1. The normalized spacial score (nSPS) is 17.3. The van der Waals surface area contributed by atoms with E-state index in [1.165, 1.54) is 25.3 Å². The molecule has 0 aromatic heterocycles. The van der Waals surface area contributed by atoms with Crippen LogP contribution in [0.15, 0.2) is 18.2 Å². The fourth-order valence-electron chi connectivity index (χ4n) is 2.64. The van der Waals surface area contributed by atoms with E-state index in [1.807, 2.05) is 13.0 Å². The molecule has 2 N–H and O–H groups in total. The van der Waals surface area contributed by atoms with E-state index in [4.69, 9.17) is 5.73 Å². The Morgan fingerprint density at radius 3 is 2.67 bits per heavy atom. The third-order valence-corrected chi connectivity index (χ3v) is 3.91. The zero-order valence-corrected chi connectivity index (χ0v) is 11.3. The van der Waals surface area contributed by atoms with Gasteiger partial charge in [0.15, 0.2) is 0 Å². The SMILES string of the molecule is CCN(CC1CCC1)c1cccc(F)c1[C@@H](C)N. The maximum absolute atomic E-state index is 13.9. The van der Waals surface area contributed by atoms with Gasteiger partial charge in [-0.2, -0.15) is 0 Å². The monoisotopic (exact) mass is 250 g/mol. The van der Waals surface area contributed by atoms with Gasteiger partial charge in [0.25, 0.3) is 0 Å². The van der Waals surface area contributed by atoms with E-state index in [0.717, 1.165) is 24.7 Å². The molecule has 1 aromatic carbocycles. The fraction of sp³-hybridized carbons (Fsp3) is 0.600. The van der Waals surface area contributed by atoms with Crippen molar-refractivity contribution in [1.29, 1.82) is 0 Å². The van der Waals surface area contributed by atoms with Gasteiger partial charge in [-0.1, -0.05) is 12.5 Å². The van der Waals surface area contributed by atoms with Crippen molar-refractivity contribution in [1.82, 2.24) is 0 Å². The van der Waals surface area contributed by atoms with Gasteiger partial charge >= 0.3 is 0 Å². The van der Waals surface area contributed by atoms with Gasteiger partial charge in [0.1, 0.15) is 5.82 Å². The Bertz CT molecular complexity index is 399. The van der Waals surface area contributed by atoms with Crippen LogP contribution in [0.5, 0.6) is 0 Å². The standard InChI is InChI=1S/C15H23FN2/c1-3-18(10-12-6-4-7-12)14-9-5-8-13(16)15(14)11(2)17/h5,8-9,11-12H,3-4,6-7,10,17H2,1-2H3/t11-/m1/s1. The largest absolute Gasteiger partial charge is 0.371 e. The van der Waals surface area contributed by atoms with Crippen LogP contribution in [0, 0.1) is 11.7 Å². The Kier molecular flexibility index (Phi) is 4.23. The highest BCUT2D eigenvalue weighted by atomic mass is 19.1. The number of nitrogens with zero attached hydrogens (tertiary/aromatic N) is 1. The number of anilines is 1. The second-order valence-electron chi connectivity index (χ2n) is 5.30. The molecule has 1 aromatic rings. The van der Waals surface area contributed by atoms with Gasteiger partial charge in [0, 0.05) is 30.4 Å². The average molecular weight is 250 g/mol. The van der Waals surface area contributed by atoms with Gasteiger partial charge in [0.2, 0.25) is 0 Å². The summed E-state index contributed by atoms with van der Waals surface area (Å²) in [4.78, 5) is 2.27. The molecule has 1 atom stereocenters. The Hall–Kier alpha value is -1.09. The van der Waals surface area contributed by atoms with Crippen molar-refractivity contribution >= 4 is 5.69 Å². The van der Waals surface area contributed by atoms with Crippen LogP contribution in [0.3, 0.4) is 0 Å². The number of benzene rings is 1. The maximum atomic E-state index is 13.9. The van der Waals surface area contributed by atoms with E-state index in [0.29, 0.717) is 5.56 Å². The quantitative estimate of drug-likeness (QED) is 0.867. The zero-order valence-electron chi connectivity index (χ0n) is 11.3. The van der Waals surface area contributed by atoms with Crippen molar-refractivity contribution in [2.45, 2.75) is 39.2 Å². The summed E-state index contributed by atoms with van der Waals surface area (Å²) in [7, 11) is 0. The summed E-state index contributed by atoms with van der Waals surface area (Å²) >= 11 is 0. The second-order valence-corrected chi connectivity index (χ2v) is 5.30. The molecule has 1 aliphatic rings. The molecule has 2 rings (SSSR count). The summed E-state index contributed by atoms with van der Waals surface area (Å²) < 4.78 is 13.9. The van der Waals surface area contributed by atoms with Gasteiger partial charge in [-0.15, -0.1) is 0 Å². The van der Waals surface area contributed by atoms with Gasteiger partial charge in [-0.05, 0) is 44.7 Å². The number of nitrogens with two attached hydrogens (primary N) is 1. The summed E-state index contributed by atoms with van der Waals surface area (Å²) in [6.45, 7) is 5.90. The van der Waals surface area contributed by atoms with Crippen molar-refractivity contribution in [2.24, 2.45) is 11.7 Å². The number of hydrogen-bond acceptors (Lipinski definition) is 2. The van der Waals surface area contributed by atoms with Crippen LogP contribution in [-0.2, 0) is 0 Å². The fourth-order valence-corrected chi connectivity index (χ4v) is 2.64. The highest BCUT2D eigenvalue weighted by Gasteiger charge is 2.23. The van der Waals surface area contributed by atoms with Crippen LogP contribution in [0.25, 0.3) is 0 Å². The molecule has 1 aliphatic carbocycles. The Balaban J connectivity index is 2.25. The Morgan fingerprint density at radius 2 is 2.17 bits per heavy atom. The van der Waals surface area contributed by atoms with Crippen LogP contribution in [0.2, 0.25) is 0 Å². The van der Waals surface area contributed by atoms with Gasteiger partial charge in [0.05, 0.1) is 0 Å². The average Bonchev–Trinajstić information content (AvgIpc) is 2.27. The van der Waals surface area contributed by atoms with Gasteiger partial charge in [-0.3, -0.25) is 0 Å². The first-order valence-corrected chi connectivity index (χ1v) is 6.92. The van der Waals surface area contributed by atoms with E-state index >= 15 is 0 Å². The smallest absolute Gasteiger partial charge is 0.130 e. The molecular weight excluding hydrogens is 227 g/mol. The van der Waals surface area contributed by atoms with E-state index in [-0.39, 0.29) is 11.9 Å². The minimum atomic E-state index is -0.267. The minimum absolute atomic E-state index is 0.186. The molecule has 0 heterocycles. The summed E-state index contributed by atoms with van der Waals surface area (Å²) in [5.74, 6) is 0.587. The lowest BCUT2D eigenvalue weighted by Gasteiger charge is -2.34. The molecule has 2 nitrogen and oxygen atoms in total. The van der Waals surface area contributed by atoms with Crippen LogP contribution in [0.1, 0.15) is 44.7 Å². The van der Waals surface area contributed by atoms with Crippen molar-refractivity contribution < 1.29 is 4.39 Å². The van der Waals surface area contributed by atoms with Crippen molar-refractivity contribution in [3.63, 3.8) is 0 Å². The first-order valence-electron chi connectivity index (χ1n) is 6.92. The molecule has 3 heteroatoms. The van der Waals surface area contributed by atoms with Crippen molar-refractivity contribution in [2.75, 3.05) is 18.0 Å².